The Kier molecular flexibility index (Phi) is 5.79. The maximum Gasteiger partial charge on any atom is 0.234 e. The predicted molar refractivity (Wildman–Crippen MR) is 82.5 cm³/mol. The molecule has 1 aliphatic heterocycles. The molecule has 0 aromatic heterocycles. The number of amides is 2. The Bertz CT molecular complexity index is 412. The van der Waals surface area contributed by atoms with Gasteiger partial charge in [0.1, 0.15) is 0 Å². The van der Waals surface area contributed by atoms with E-state index in [1.807, 2.05) is 0 Å². The van der Waals surface area contributed by atoms with E-state index in [4.69, 9.17) is 5.73 Å². The number of piperidine rings is 1. The van der Waals surface area contributed by atoms with E-state index in [1.165, 1.54) is 18.4 Å². The van der Waals surface area contributed by atoms with Crippen molar-refractivity contribution in [3.8, 4) is 0 Å². The zero-order valence-corrected chi connectivity index (χ0v) is 12.9. The Balaban J connectivity index is 1.72. The molecule has 2 aliphatic rings. The van der Waals surface area contributed by atoms with Crippen LogP contribution in [0.3, 0.4) is 0 Å². The highest BCUT2D eigenvalue weighted by Gasteiger charge is 2.24. The fraction of sp³-hybridized carbons (Fsp3) is 0.750. The van der Waals surface area contributed by atoms with Crippen LogP contribution >= 0.6 is 0 Å². The number of nitrogens with zero attached hydrogens (tertiary/aromatic N) is 1. The summed E-state index contributed by atoms with van der Waals surface area (Å²) in [4.78, 5) is 25.3. The van der Waals surface area contributed by atoms with E-state index in [9.17, 15) is 9.59 Å². The number of carbonyl (C=O) groups excluding carboxylic acids is 2. The molecule has 118 valence electrons. The number of hydrogen-bond acceptors (Lipinski definition) is 3. The molecule has 21 heavy (non-hydrogen) atoms. The van der Waals surface area contributed by atoms with Crippen LogP contribution in [0.5, 0.6) is 0 Å². The van der Waals surface area contributed by atoms with Gasteiger partial charge in [-0.1, -0.05) is 11.6 Å². The van der Waals surface area contributed by atoms with Gasteiger partial charge >= 0.3 is 0 Å². The molecule has 5 nitrogen and oxygen atoms in total. The van der Waals surface area contributed by atoms with Crippen LogP contribution in [-0.4, -0.2) is 42.4 Å². The molecule has 5 heteroatoms. The van der Waals surface area contributed by atoms with Gasteiger partial charge in [-0.2, -0.15) is 0 Å². The molecule has 2 amide bonds. The molecule has 0 bridgehead atoms. The van der Waals surface area contributed by atoms with Gasteiger partial charge in [-0.15, -0.1) is 0 Å². The second-order valence-corrected chi connectivity index (χ2v) is 6.27. The quantitative estimate of drug-likeness (QED) is 0.748. The lowest BCUT2D eigenvalue weighted by molar-refractivity contribution is -0.124. The highest BCUT2D eigenvalue weighted by Crippen LogP contribution is 2.20. The Labute approximate surface area is 126 Å². The SMILES string of the molecule is CC(NC(=O)CN1CCC(C(N)=O)CC1)C1=CCCCC1. The Morgan fingerprint density at radius 2 is 2.10 bits per heavy atom. The molecular weight excluding hydrogens is 266 g/mol. The highest BCUT2D eigenvalue weighted by molar-refractivity contribution is 5.79. The van der Waals surface area contributed by atoms with Gasteiger partial charge in [0.2, 0.25) is 11.8 Å². The van der Waals surface area contributed by atoms with E-state index in [1.54, 1.807) is 0 Å². The number of hydrogen-bond donors (Lipinski definition) is 2. The van der Waals surface area contributed by atoms with Crippen molar-refractivity contribution < 1.29 is 9.59 Å². The van der Waals surface area contributed by atoms with Gasteiger partial charge in [0, 0.05) is 12.0 Å². The first-order valence-corrected chi connectivity index (χ1v) is 8.06. The van der Waals surface area contributed by atoms with Crippen LogP contribution in [-0.2, 0) is 9.59 Å². The third-order valence-electron chi connectivity index (χ3n) is 4.62. The smallest absolute Gasteiger partial charge is 0.234 e. The molecule has 1 atom stereocenters. The van der Waals surface area contributed by atoms with E-state index in [-0.39, 0.29) is 23.8 Å². The van der Waals surface area contributed by atoms with Gasteiger partial charge < -0.3 is 11.1 Å². The zero-order valence-electron chi connectivity index (χ0n) is 12.9. The topological polar surface area (TPSA) is 75.4 Å². The molecule has 1 unspecified atom stereocenters. The molecule has 2 rings (SSSR count). The van der Waals surface area contributed by atoms with Crippen molar-refractivity contribution in [3.05, 3.63) is 11.6 Å². The first-order valence-electron chi connectivity index (χ1n) is 8.06. The standard InChI is InChI=1S/C16H27N3O2/c1-12(13-5-3-2-4-6-13)18-15(20)11-19-9-7-14(8-10-19)16(17)21/h5,12,14H,2-4,6-11H2,1H3,(H2,17,21)(H,18,20). The summed E-state index contributed by atoms with van der Waals surface area (Å²) in [6.07, 6.45) is 8.53. The Morgan fingerprint density at radius 1 is 1.38 bits per heavy atom. The number of allylic oxidation sites excluding steroid dienone is 1. The summed E-state index contributed by atoms with van der Waals surface area (Å²) in [6, 6.07) is 0.140. The molecular formula is C16H27N3O2. The van der Waals surface area contributed by atoms with Gasteiger partial charge in [-0.25, -0.2) is 0 Å². The maximum absolute atomic E-state index is 12.1. The molecule has 3 N–H and O–H groups in total. The summed E-state index contributed by atoms with van der Waals surface area (Å²) in [5, 5.41) is 3.09. The molecule has 0 radical (unpaired) electrons. The second kappa shape index (κ2) is 7.59. The van der Waals surface area contributed by atoms with E-state index < -0.39 is 0 Å². The van der Waals surface area contributed by atoms with Crippen LogP contribution in [0.2, 0.25) is 0 Å². The minimum Gasteiger partial charge on any atom is -0.369 e. The monoisotopic (exact) mass is 293 g/mol. The fourth-order valence-electron chi connectivity index (χ4n) is 3.21. The number of likely N-dealkylation sites (tertiary alicyclic amines) is 1. The maximum atomic E-state index is 12.1. The lowest BCUT2D eigenvalue weighted by Gasteiger charge is -2.30. The van der Waals surface area contributed by atoms with Crippen LogP contribution in [0.15, 0.2) is 11.6 Å². The zero-order chi connectivity index (χ0) is 15.2. The third kappa shape index (κ3) is 4.84. The molecule has 0 aromatic carbocycles. The summed E-state index contributed by atoms with van der Waals surface area (Å²) >= 11 is 0. The van der Waals surface area contributed by atoms with Crippen molar-refractivity contribution in [1.82, 2.24) is 10.2 Å². The average Bonchev–Trinajstić information content (AvgIpc) is 2.48. The summed E-state index contributed by atoms with van der Waals surface area (Å²) in [5.41, 5.74) is 6.68. The Hall–Kier alpha value is -1.36. The summed E-state index contributed by atoms with van der Waals surface area (Å²) in [6.45, 7) is 4.04. The number of primary amides is 1. The molecule has 0 saturated carbocycles. The summed E-state index contributed by atoms with van der Waals surface area (Å²) in [5.74, 6) is -0.154. The first kappa shape index (κ1) is 16.0. The largest absolute Gasteiger partial charge is 0.369 e. The van der Waals surface area contributed by atoms with Gasteiger partial charge in [0.15, 0.2) is 0 Å². The molecule has 1 heterocycles. The number of rotatable bonds is 5. The molecule has 1 aliphatic carbocycles. The van der Waals surface area contributed by atoms with Crippen LogP contribution in [0.25, 0.3) is 0 Å². The van der Waals surface area contributed by atoms with Crippen molar-refractivity contribution in [2.24, 2.45) is 11.7 Å². The summed E-state index contributed by atoms with van der Waals surface area (Å²) in [7, 11) is 0. The van der Waals surface area contributed by atoms with Gasteiger partial charge in [0.05, 0.1) is 6.54 Å². The molecule has 1 saturated heterocycles. The normalized spacial score (nSPS) is 22.4. The lowest BCUT2D eigenvalue weighted by Crippen LogP contribution is -2.45. The number of nitrogens with one attached hydrogen (secondary N) is 1. The second-order valence-electron chi connectivity index (χ2n) is 6.27. The number of carbonyl (C=O) groups is 2. The van der Waals surface area contributed by atoms with Crippen LogP contribution in [0.4, 0.5) is 0 Å². The molecule has 1 fully saturated rings. The van der Waals surface area contributed by atoms with Crippen LogP contribution in [0.1, 0.15) is 45.4 Å². The average molecular weight is 293 g/mol. The predicted octanol–water partition coefficient (Wildman–Crippen LogP) is 1.19. The minimum atomic E-state index is -0.211. The van der Waals surface area contributed by atoms with E-state index in [0.29, 0.717) is 6.54 Å². The first-order chi connectivity index (χ1) is 10.1. The van der Waals surface area contributed by atoms with Crippen molar-refractivity contribution in [1.29, 1.82) is 0 Å². The van der Waals surface area contributed by atoms with Crippen molar-refractivity contribution in [2.75, 3.05) is 19.6 Å². The highest BCUT2D eigenvalue weighted by atomic mass is 16.2. The Morgan fingerprint density at radius 3 is 2.67 bits per heavy atom. The van der Waals surface area contributed by atoms with Gasteiger partial charge in [0.25, 0.3) is 0 Å². The van der Waals surface area contributed by atoms with E-state index in [2.05, 4.69) is 23.2 Å². The van der Waals surface area contributed by atoms with Crippen LogP contribution in [0, 0.1) is 5.92 Å². The van der Waals surface area contributed by atoms with Gasteiger partial charge in [-0.05, 0) is 58.5 Å². The third-order valence-corrected chi connectivity index (χ3v) is 4.62. The molecule has 0 spiro atoms. The van der Waals surface area contributed by atoms with E-state index in [0.717, 1.165) is 38.8 Å². The fourth-order valence-corrected chi connectivity index (χ4v) is 3.21. The minimum absolute atomic E-state index is 0.0179. The number of nitrogens with two attached hydrogens (primary N) is 1. The van der Waals surface area contributed by atoms with Crippen molar-refractivity contribution in [3.63, 3.8) is 0 Å². The van der Waals surface area contributed by atoms with Crippen molar-refractivity contribution in [2.45, 2.75) is 51.5 Å². The molecule has 0 aromatic rings. The lowest BCUT2D eigenvalue weighted by atomic mass is 9.94. The van der Waals surface area contributed by atoms with E-state index >= 15 is 0 Å². The van der Waals surface area contributed by atoms with Crippen LogP contribution < -0.4 is 11.1 Å². The summed E-state index contributed by atoms with van der Waals surface area (Å²) < 4.78 is 0. The van der Waals surface area contributed by atoms with Gasteiger partial charge in [-0.3, -0.25) is 14.5 Å². The van der Waals surface area contributed by atoms with Crippen molar-refractivity contribution >= 4 is 11.8 Å².